The third-order valence-electron chi connectivity index (χ3n) is 3.14. The SMILES string of the molecule is CN1CCCN(c2ccc(Cl)c(CN)n2)CC1. The predicted molar refractivity (Wildman–Crippen MR) is 71.5 cm³/mol. The molecule has 0 amide bonds. The minimum atomic E-state index is 0.389. The molecule has 1 fully saturated rings. The van der Waals surface area contributed by atoms with E-state index in [0.29, 0.717) is 11.6 Å². The average molecular weight is 255 g/mol. The van der Waals surface area contributed by atoms with Crippen LogP contribution in [0.5, 0.6) is 0 Å². The van der Waals surface area contributed by atoms with Crippen molar-refractivity contribution >= 4 is 17.4 Å². The van der Waals surface area contributed by atoms with Crippen molar-refractivity contribution in [3.05, 3.63) is 22.8 Å². The lowest BCUT2D eigenvalue weighted by atomic mass is 10.3. The topological polar surface area (TPSA) is 45.4 Å². The van der Waals surface area contributed by atoms with Gasteiger partial charge in [-0.05, 0) is 32.1 Å². The second-order valence-corrected chi connectivity index (χ2v) is 4.85. The highest BCUT2D eigenvalue weighted by Crippen LogP contribution is 2.20. The van der Waals surface area contributed by atoms with Crippen molar-refractivity contribution in [1.29, 1.82) is 0 Å². The second kappa shape index (κ2) is 5.67. The average Bonchev–Trinajstić information content (AvgIpc) is 2.55. The molecule has 0 saturated carbocycles. The van der Waals surface area contributed by atoms with Crippen molar-refractivity contribution in [3.8, 4) is 0 Å². The maximum Gasteiger partial charge on any atom is 0.129 e. The summed E-state index contributed by atoms with van der Waals surface area (Å²) in [6.07, 6.45) is 1.17. The molecule has 0 aromatic carbocycles. The first kappa shape index (κ1) is 12.6. The summed E-state index contributed by atoms with van der Waals surface area (Å²) in [7, 11) is 2.16. The molecule has 94 valence electrons. The molecule has 1 aliphatic heterocycles. The van der Waals surface area contributed by atoms with Crippen LogP contribution in [0.1, 0.15) is 12.1 Å². The van der Waals surface area contributed by atoms with Gasteiger partial charge in [-0.25, -0.2) is 4.98 Å². The Morgan fingerprint density at radius 3 is 2.88 bits per heavy atom. The van der Waals surface area contributed by atoms with Gasteiger partial charge in [0.25, 0.3) is 0 Å². The molecule has 1 saturated heterocycles. The normalized spacial score (nSPS) is 18.2. The Morgan fingerprint density at radius 1 is 1.29 bits per heavy atom. The zero-order valence-electron chi connectivity index (χ0n) is 10.2. The van der Waals surface area contributed by atoms with E-state index < -0.39 is 0 Å². The van der Waals surface area contributed by atoms with Gasteiger partial charge in [0.05, 0.1) is 10.7 Å². The number of rotatable bonds is 2. The fourth-order valence-electron chi connectivity index (χ4n) is 2.07. The van der Waals surface area contributed by atoms with Gasteiger partial charge < -0.3 is 15.5 Å². The number of anilines is 1. The van der Waals surface area contributed by atoms with E-state index in [1.807, 2.05) is 12.1 Å². The van der Waals surface area contributed by atoms with Crippen molar-refractivity contribution in [3.63, 3.8) is 0 Å². The lowest BCUT2D eigenvalue weighted by Crippen LogP contribution is -2.29. The predicted octanol–water partition coefficient (Wildman–Crippen LogP) is 1.34. The maximum atomic E-state index is 6.02. The Labute approximate surface area is 107 Å². The quantitative estimate of drug-likeness (QED) is 0.865. The molecule has 1 aliphatic rings. The molecule has 1 aromatic heterocycles. The van der Waals surface area contributed by atoms with Crippen LogP contribution < -0.4 is 10.6 Å². The molecule has 4 nitrogen and oxygen atoms in total. The van der Waals surface area contributed by atoms with Gasteiger partial charge in [0.2, 0.25) is 0 Å². The number of aromatic nitrogens is 1. The molecule has 0 aliphatic carbocycles. The Bertz CT molecular complexity index is 383. The van der Waals surface area contributed by atoms with Crippen LogP contribution in [-0.4, -0.2) is 43.1 Å². The summed E-state index contributed by atoms with van der Waals surface area (Å²) in [4.78, 5) is 9.18. The van der Waals surface area contributed by atoms with Crippen LogP contribution in [0, 0.1) is 0 Å². The van der Waals surface area contributed by atoms with Gasteiger partial charge in [0.15, 0.2) is 0 Å². The van der Waals surface area contributed by atoms with Gasteiger partial charge in [-0.1, -0.05) is 11.6 Å². The molecule has 1 aromatic rings. The van der Waals surface area contributed by atoms with Crippen LogP contribution in [0.25, 0.3) is 0 Å². The van der Waals surface area contributed by atoms with E-state index in [1.165, 1.54) is 6.42 Å². The Hall–Kier alpha value is -0.840. The molecule has 17 heavy (non-hydrogen) atoms. The van der Waals surface area contributed by atoms with Gasteiger partial charge in [0.1, 0.15) is 5.82 Å². The number of hydrogen-bond donors (Lipinski definition) is 1. The van der Waals surface area contributed by atoms with E-state index in [1.54, 1.807) is 0 Å². The zero-order chi connectivity index (χ0) is 12.3. The number of hydrogen-bond acceptors (Lipinski definition) is 4. The van der Waals surface area contributed by atoms with Gasteiger partial charge in [-0.15, -0.1) is 0 Å². The summed E-state index contributed by atoms with van der Waals surface area (Å²) in [5.41, 5.74) is 6.41. The first-order valence-electron chi connectivity index (χ1n) is 5.99. The molecule has 0 atom stereocenters. The maximum absolute atomic E-state index is 6.02. The summed E-state index contributed by atoms with van der Waals surface area (Å²) in [5.74, 6) is 0.991. The first-order chi connectivity index (χ1) is 8.20. The van der Waals surface area contributed by atoms with Crippen molar-refractivity contribution in [1.82, 2.24) is 9.88 Å². The van der Waals surface area contributed by atoms with Gasteiger partial charge in [-0.2, -0.15) is 0 Å². The highest BCUT2D eigenvalue weighted by atomic mass is 35.5. The third kappa shape index (κ3) is 3.09. The van der Waals surface area contributed by atoms with Crippen LogP contribution in [-0.2, 0) is 6.54 Å². The Morgan fingerprint density at radius 2 is 2.12 bits per heavy atom. The lowest BCUT2D eigenvalue weighted by molar-refractivity contribution is 0.360. The van der Waals surface area contributed by atoms with Crippen molar-refractivity contribution in [2.75, 3.05) is 38.1 Å². The van der Waals surface area contributed by atoms with E-state index in [0.717, 1.165) is 37.7 Å². The van der Waals surface area contributed by atoms with Gasteiger partial charge >= 0.3 is 0 Å². The molecule has 2 heterocycles. The van der Waals surface area contributed by atoms with Gasteiger partial charge in [0, 0.05) is 26.2 Å². The summed E-state index contributed by atoms with van der Waals surface area (Å²) >= 11 is 6.02. The minimum absolute atomic E-state index is 0.389. The largest absolute Gasteiger partial charge is 0.355 e. The number of nitrogens with two attached hydrogens (primary N) is 1. The van der Waals surface area contributed by atoms with E-state index in [4.69, 9.17) is 17.3 Å². The molecular weight excluding hydrogens is 236 g/mol. The fourth-order valence-corrected chi connectivity index (χ4v) is 2.25. The standard InChI is InChI=1S/C12H19ClN4/c1-16-5-2-6-17(8-7-16)12-4-3-10(13)11(9-14)15-12/h3-4H,2,5-9,14H2,1H3. The van der Waals surface area contributed by atoms with E-state index in [2.05, 4.69) is 21.8 Å². The van der Waals surface area contributed by atoms with Crippen LogP contribution in [0.4, 0.5) is 5.82 Å². The molecule has 0 spiro atoms. The summed E-state index contributed by atoms with van der Waals surface area (Å²) < 4.78 is 0. The Kier molecular flexibility index (Phi) is 4.20. The highest BCUT2D eigenvalue weighted by molar-refractivity contribution is 6.31. The number of halogens is 1. The monoisotopic (exact) mass is 254 g/mol. The molecule has 5 heteroatoms. The van der Waals surface area contributed by atoms with Crippen LogP contribution in [0.3, 0.4) is 0 Å². The number of pyridine rings is 1. The smallest absolute Gasteiger partial charge is 0.129 e. The van der Waals surface area contributed by atoms with Crippen molar-refractivity contribution < 1.29 is 0 Å². The zero-order valence-corrected chi connectivity index (χ0v) is 11.0. The minimum Gasteiger partial charge on any atom is -0.355 e. The fraction of sp³-hybridized carbons (Fsp3) is 0.583. The van der Waals surface area contributed by atoms with Crippen molar-refractivity contribution in [2.45, 2.75) is 13.0 Å². The Balaban J connectivity index is 2.15. The highest BCUT2D eigenvalue weighted by Gasteiger charge is 2.14. The van der Waals surface area contributed by atoms with Crippen molar-refractivity contribution in [2.24, 2.45) is 5.73 Å². The first-order valence-corrected chi connectivity index (χ1v) is 6.37. The number of likely N-dealkylation sites (N-methyl/N-ethyl adjacent to an activating group) is 1. The van der Waals surface area contributed by atoms with E-state index >= 15 is 0 Å². The third-order valence-corrected chi connectivity index (χ3v) is 3.48. The molecule has 0 radical (unpaired) electrons. The van der Waals surface area contributed by atoms with Crippen LogP contribution in [0.15, 0.2) is 12.1 Å². The van der Waals surface area contributed by atoms with E-state index in [9.17, 15) is 0 Å². The summed E-state index contributed by atoms with van der Waals surface area (Å²) in [6, 6.07) is 3.87. The summed E-state index contributed by atoms with van der Waals surface area (Å²) in [6.45, 7) is 4.66. The van der Waals surface area contributed by atoms with Gasteiger partial charge in [-0.3, -0.25) is 0 Å². The molecule has 0 unspecified atom stereocenters. The van der Waals surface area contributed by atoms with Crippen LogP contribution >= 0.6 is 11.6 Å². The lowest BCUT2D eigenvalue weighted by Gasteiger charge is -2.22. The molecule has 2 N–H and O–H groups in total. The summed E-state index contributed by atoms with van der Waals surface area (Å²) in [5, 5.41) is 0.656. The molecule has 0 bridgehead atoms. The molecular formula is C12H19ClN4. The number of nitrogens with zero attached hydrogens (tertiary/aromatic N) is 3. The van der Waals surface area contributed by atoms with E-state index in [-0.39, 0.29) is 0 Å². The molecule has 2 rings (SSSR count). The van der Waals surface area contributed by atoms with Crippen LogP contribution in [0.2, 0.25) is 5.02 Å². The second-order valence-electron chi connectivity index (χ2n) is 4.45.